The van der Waals surface area contributed by atoms with Crippen LogP contribution in [-0.2, 0) is 0 Å². The monoisotopic (exact) mass is 210 g/mol. The van der Waals surface area contributed by atoms with Crippen LogP contribution in [0.25, 0.3) is 0 Å². The number of nitrogens with two attached hydrogens (primary N) is 1. The third-order valence-corrected chi connectivity index (χ3v) is 2.50. The van der Waals surface area contributed by atoms with Gasteiger partial charge in [0.15, 0.2) is 0 Å². The Morgan fingerprint density at radius 2 is 2.07 bits per heavy atom. The van der Waals surface area contributed by atoms with Gasteiger partial charge in [-0.1, -0.05) is 13.8 Å². The fourth-order valence-corrected chi connectivity index (χ4v) is 1.85. The maximum atomic E-state index is 5.79. The fourth-order valence-electron chi connectivity index (χ4n) is 1.85. The van der Waals surface area contributed by atoms with Crippen LogP contribution in [0.1, 0.15) is 31.4 Å². The first-order valence-electron chi connectivity index (χ1n) is 5.51. The zero-order chi connectivity index (χ0) is 11.4. The Morgan fingerprint density at radius 1 is 1.40 bits per heavy atom. The third kappa shape index (κ3) is 3.36. The molecule has 1 unspecified atom stereocenters. The molecule has 0 fully saturated rings. The molecule has 1 heterocycles. The minimum absolute atomic E-state index is 0.195. The molecule has 0 saturated carbocycles. The molecular formula is C12H22N2O. The molecule has 2 N–H and O–H groups in total. The summed E-state index contributed by atoms with van der Waals surface area (Å²) >= 11 is 0. The molecule has 0 aromatic carbocycles. The SMILES string of the molecule is Cc1ccc(C(CN)N(C)CC(C)C)o1. The maximum absolute atomic E-state index is 5.79. The Labute approximate surface area is 92.2 Å². The van der Waals surface area contributed by atoms with Gasteiger partial charge in [-0.25, -0.2) is 0 Å². The fraction of sp³-hybridized carbons (Fsp3) is 0.667. The summed E-state index contributed by atoms with van der Waals surface area (Å²) in [6.07, 6.45) is 0. The van der Waals surface area contributed by atoms with Gasteiger partial charge in [0.2, 0.25) is 0 Å². The molecule has 0 bridgehead atoms. The van der Waals surface area contributed by atoms with Crippen LogP contribution in [0.2, 0.25) is 0 Å². The van der Waals surface area contributed by atoms with Gasteiger partial charge in [-0.3, -0.25) is 4.90 Å². The lowest BCUT2D eigenvalue weighted by Crippen LogP contribution is -2.32. The van der Waals surface area contributed by atoms with E-state index in [9.17, 15) is 0 Å². The second kappa shape index (κ2) is 5.33. The minimum Gasteiger partial charge on any atom is -0.465 e. The first kappa shape index (κ1) is 12.3. The summed E-state index contributed by atoms with van der Waals surface area (Å²) in [4.78, 5) is 2.25. The van der Waals surface area contributed by atoms with Gasteiger partial charge in [0.1, 0.15) is 11.5 Å². The summed E-state index contributed by atoms with van der Waals surface area (Å²) in [7, 11) is 2.09. The third-order valence-electron chi connectivity index (χ3n) is 2.50. The predicted molar refractivity (Wildman–Crippen MR) is 62.7 cm³/mol. The molecule has 86 valence electrons. The smallest absolute Gasteiger partial charge is 0.122 e. The van der Waals surface area contributed by atoms with E-state index in [0.717, 1.165) is 18.1 Å². The molecule has 1 aromatic rings. The normalized spacial score (nSPS) is 13.8. The van der Waals surface area contributed by atoms with Crippen molar-refractivity contribution in [3.63, 3.8) is 0 Å². The number of nitrogens with zero attached hydrogens (tertiary/aromatic N) is 1. The van der Waals surface area contributed by atoms with Gasteiger partial charge in [-0.2, -0.15) is 0 Å². The second-order valence-corrected chi connectivity index (χ2v) is 4.53. The van der Waals surface area contributed by atoms with Gasteiger partial charge in [-0.05, 0) is 32.0 Å². The van der Waals surface area contributed by atoms with Crippen molar-refractivity contribution in [1.29, 1.82) is 0 Å². The number of furan rings is 1. The summed E-state index contributed by atoms with van der Waals surface area (Å²) in [5.74, 6) is 2.56. The van der Waals surface area contributed by atoms with Gasteiger partial charge in [0.05, 0.1) is 6.04 Å². The highest BCUT2D eigenvalue weighted by atomic mass is 16.3. The lowest BCUT2D eigenvalue weighted by atomic mass is 10.1. The van der Waals surface area contributed by atoms with Gasteiger partial charge < -0.3 is 10.2 Å². The van der Waals surface area contributed by atoms with Crippen LogP contribution in [0, 0.1) is 12.8 Å². The molecule has 0 aliphatic carbocycles. The molecular weight excluding hydrogens is 188 g/mol. The van der Waals surface area contributed by atoms with Crippen LogP contribution in [0.4, 0.5) is 0 Å². The second-order valence-electron chi connectivity index (χ2n) is 4.53. The topological polar surface area (TPSA) is 42.4 Å². The lowest BCUT2D eigenvalue weighted by Gasteiger charge is -2.26. The Hall–Kier alpha value is -0.800. The van der Waals surface area contributed by atoms with E-state index < -0.39 is 0 Å². The van der Waals surface area contributed by atoms with Crippen molar-refractivity contribution in [1.82, 2.24) is 4.90 Å². The summed E-state index contributed by atoms with van der Waals surface area (Å²) < 4.78 is 5.62. The molecule has 15 heavy (non-hydrogen) atoms. The van der Waals surface area contributed by atoms with Crippen LogP contribution < -0.4 is 5.73 Å². The number of rotatable bonds is 5. The number of hydrogen-bond donors (Lipinski definition) is 1. The highest BCUT2D eigenvalue weighted by molar-refractivity contribution is 5.10. The average Bonchev–Trinajstić information content (AvgIpc) is 2.51. The first-order chi connectivity index (χ1) is 7.04. The summed E-state index contributed by atoms with van der Waals surface area (Å²) in [6.45, 7) is 7.99. The average molecular weight is 210 g/mol. The van der Waals surface area contributed by atoms with Crippen LogP contribution >= 0.6 is 0 Å². The van der Waals surface area contributed by atoms with Gasteiger partial charge >= 0.3 is 0 Å². The van der Waals surface area contributed by atoms with Crippen molar-refractivity contribution >= 4 is 0 Å². The molecule has 0 amide bonds. The van der Waals surface area contributed by atoms with Crippen molar-refractivity contribution < 1.29 is 4.42 Å². The number of likely N-dealkylation sites (N-methyl/N-ethyl adjacent to an activating group) is 1. The van der Waals surface area contributed by atoms with E-state index in [1.54, 1.807) is 0 Å². The van der Waals surface area contributed by atoms with E-state index in [0.29, 0.717) is 12.5 Å². The Balaban J connectivity index is 2.70. The zero-order valence-corrected chi connectivity index (χ0v) is 10.2. The van der Waals surface area contributed by atoms with E-state index >= 15 is 0 Å². The van der Waals surface area contributed by atoms with Crippen molar-refractivity contribution in [2.45, 2.75) is 26.8 Å². The van der Waals surface area contributed by atoms with Crippen molar-refractivity contribution in [2.75, 3.05) is 20.1 Å². The summed E-state index contributed by atoms with van der Waals surface area (Å²) in [5.41, 5.74) is 5.79. The van der Waals surface area contributed by atoms with E-state index in [2.05, 4.69) is 25.8 Å². The molecule has 0 aliphatic heterocycles. The minimum atomic E-state index is 0.195. The highest BCUT2D eigenvalue weighted by Gasteiger charge is 2.18. The van der Waals surface area contributed by atoms with E-state index in [-0.39, 0.29) is 6.04 Å². The molecule has 0 aliphatic rings. The number of hydrogen-bond acceptors (Lipinski definition) is 3. The van der Waals surface area contributed by atoms with Crippen LogP contribution in [0.3, 0.4) is 0 Å². The number of aryl methyl sites for hydroxylation is 1. The molecule has 1 aromatic heterocycles. The summed E-state index contributed by atoms with van der Waals surface area (Å²) in [5, 5.41) is 0. The molecule has 0 saturated heterocycles. The van der Waals surface area contributed by atoms with Crippen LogP contribution in [0.5, 0.6) is 0 Å². The lowest BCUT2D eigenvalue weighted by molar-refractivity contribution is 0.198. The van der Waals surface area contributed by atoms with E-state index in [4.69, 9.17) is 10.2 Å². The van der Waals surface area contributed by atoms with Gasteiger partial charge in [-0.15, -0.1) is 0 Å². The quantitative estimate of drug-likeness (QED) is 0.810. The Kier molecular flexibility index (Phi) is 4.36. The van der Waals surface area contributed by atoms with Crippen LogP contribution in [0.15, 0.2) is 16.5 Å². The molecule has 3 heteroatoms. The summed E-state index contributed by atoms with van der Waals surface area (Å²) in [6, 6.07) is 4.20. The van der Waals surface area contributed by atoms with Gasteiger partial charge in [0, 0.05) is 13.1 Å². The highest BCUT2D eigenvalue weighted by Crippen LogP contribution is 2.21. The molecule has 1 atom stereocenters. The predicted octanol–water partition coefficient (Wildman–Crippen LogP) is 2.18. The Bertz CT molecular complexity index is 294. The van der Waals surface area contributed by atoms with Crippen molar-refractivity contribution in [3.8, 4) is 0 Å². The standard InChI is InChI=1S/C12H22N2O/c1-9(2)8-14(4)11(7-13)12-6-5-10(3)15-12/h5-6,9,11H,7-8,13H2,1-4H3. The zero-order valence-electron chi connectivity index (χ0n) is 10.2. The molecule has 0 spiro atoms. The van der Waals surface area contributed by atoms with Gasteiger partial charge in [0.25, 0.3) is 0 Å². The first-order valence-corrected chi connectivity index (χ1v) is 5.51. The van der Waals surface area contributed by atoms with Crippen molar-refractivity contribution in [3.05, 3.63) is 23.7 Å². The van der Waals surface area contributed by atoms with E-state index in [1.165, 1.54) is 0 Å². The van der Waals surface area contributed by atoms with Crippen LogP contribution in [-0.4, -0.2) is 25.0 Å². The Morgan fingerprint density at radius 3 is 2.47 bits per heavy atom. The molecule has 0 radical (unpaired) electrons. The molecule has 3 nitrogen and oxygen atoms in total. The van der Waals surface area contributed by atoms with Crippen molar-refractivity contribution in [2.24, 2.45) is 11.7 Å². The van der Waals surface area contributed by atoms with E-state index in [1.807, 2.05) is 19.1 Å². The maximum Gasteiger partial charge on any atom is 0.122 e. The largest absolute Gasteiger partial charge is 0.465 e. The molecule has 1 rings (SSSR count).